The molecular weight excluding hydrogens is 212 g/mol. The van der Waals surface area contributed by atoms with Crippen LogP contribution in [0.4, 0.5) is 0 Å². The zero-order valence-electron chi connectivity index (χ0n) is 10.1. The molecule has 2 aromatic carbocycles. The SMILES string of the molecule is Cc1cc(Cc2cccc(O)c2)cc(C)c1O. The quantitative estimate of drug-likeness (QED) is 0.828. The first-order valence-electron chi connectivity index (χ1n) is 5.63. The van der Waals surface area contributed by atoms with E-state index >= 15 is 0 Å². The molecule has 0 saturated carbocycles. The summed E-state index contributed by atoms with van der Waals surface area (Å²) in [6, 6.07) is 11.2. The second kappa shape index (κ2) is 4.50. The van der Waals surface area contributed by atoms with Crippen LogP contribution in [-0.2, 0) is 6.42 Å². The molecule has 0 radical (unpaired) electrons. The minimum absolute atomic E-state index is 0.287. The third-order valence-corrected chi connectivity index (χ3v) is 2.87. The van der Waals surface area contributed by atoms with E-state index in [-0.39, 0.29) is 5.75 Å². The van der Waals surface area contributed by atoms with Crippen molar-refractivity contribution in [3.05, 3.63) is 58.7 Å². The number of aromatic hydroxyl groups is 2. The van der Waals surface area contributed by atoms with Crippen molar-refractivity contribution in [3.8, 4) is 11.5 Å². The fraction of sp³-hybridized carbons (Fsp3) is 0.200. The van der Waals surface area contributed by atoms with E-state index in [9.17, 15) is 10.2 Å². The number of rotatable bonds is 2. The molecule has 0 heterocycles. The van der Waals surface area contributed by atoms with E-state index in [4.69, 9.17) is 0 Å². The maximum Gasteiger partial charge on any atom is 0.121 e. The second-order valence-electron chi connectivity index (χ2n) is 4.42. The van der Waals surface area contributed by atoms with E-state index in [0.717, 1.165) is 28.7 Å². The van der Waals surface area contributed by atoms with Crippen molar-refractivity contribution in [1.82, 2.24) is 0 Å². The molecule has 2 aromatic rings. The first kappa shape index (κ1) is 11.5. The monoisotopic (exact) mass is 228 g/mol. The van der Waals surface area contributed by atoms with Gasteiger partial charge >= 0.3 is 0 Å². The lowest BCUT2D eigenvalue weighted by Crippen LogP contribution is -1.91. The van der Waals surface area contributed by atoms with E-state index < -0.39 is 0 Å². The van der Waals surface area contributed by atoms with E-state index in [0.29, 0.717) is 5.75 Å². The van der Waals surface area contributed by atoms with Gasteiger partial charge in [-0.1, -0.05) is 24.3 Å². The number of phenolic OH excluding ortho intramolecular Hbond substituents is 2. The highest BCUT2D eigenvalue weighted by Gasteiger charge is 2.04. The lowest BCUT2D eigenvalue weighted by Gasteiger charge is -2.08. The van der Waals surface area contributed by atoms with Crippen LogP contribution in [0.5, 0.6) is 11.5 Å². The number of phenols is 2. The Morgan fingerprint density at radius 3 is 2.12 bits per heavy atom. The number of hydrogen-bond acceptors (Lipinski definition) is 2. The molecule has 0 saturated heterocycles. The van der Waals surface area contributed by atoms with Crippen molar-refractivity contribution in [2.45, 2.75) is 20.3 Å². The highest BCUT2D eigenvalue weighted by molar-refractivity contribution is 5.44. The average molecular weight is 228 g/mol. The standard InChI is InChI=1S/C15H16O2/c1-10-6-13(7-11(2)15(10)17)8-12-4-3-5-14(16)9-12/h3-7,9,16-17H,8H2,1-2H3. The van der Waals surface area contributed by atoms with Crippen LogP contribution in [0.2, 0.25) is 0 Å². The van der Waals surface area contributed by atoms with E-state index in [1.807, 2.05) is 38.1 Å². The highest BCUT2D eigenvalue weighted by Crippen LogP contribution is 2.24. The summed E-state index contributed by atoms with van der Waals surface area (Å²) in [5.74, 6) is 0.652. The van der Waals surface area contributed by atoms with Gasteiger partial charge in [0.1, 0.15) is 11.5 Å². The van der Waals surface area contributed by atoms with Gasteiger partial charge in [0.05, 0.1) is 0 Å². The summed E-state index contributed by atoms with van der Waals surface area (Å²) in [7, 11) is 0. The third kappa shape index (κ3) is 2.59. The summed E-state index contributed by atoms with van der Waals surface area (Å²) in [4.78, 5) is 0. The maximum absolute atomic E-state index is 9.70. The van der Waals surface area contributed by atoms with Crippen LogP contribution in [0.25, 0.3) is 0 Å². The van der Waals surface area contributed by atoms with Gasteiger partial charge in [-0.05, 0) is 54.7 Å². The molecule has 0 aliphatic heterocycles. The Kier molecular flexibility index (Phi) is 3.05. The van der Waals surface area contributed by atoms with Crippen molar-refractivity contribution in [2.75, 3.05) is 0 Å². The van der Waals surface area contributed by atoms with Gasteiger partial charge in [0.15, 0.2) is 0 Å². The smallest absolute Gasteiger partial charge is 0.121 e. The molecule has 2 N–H and O–H groups in total. The second-order valence-corrected chi connectivity index (χ2v) is 4.42. The van der Waals surface area contributed by atoms with Gasteiger partial charge in [0, 0.05) is 0 Å². The Morgan fingerprint density at radius 1 is 0.882 bits per heavy atom. The predicted molar refractivity (Wildman–Crippen MR) is 68.5 cm³/mol. The van der Waals surface area contributed by atoms with Gasteiger partial charge in [-0.3, -0.25) is 0 Å². The normalized spacial score (nSPS) is 10.5. The Balaban J connectivity index is 2.31. The summed E-state index contributed by atoms with van der Waals surface area (Å²) in [5, 5.41) is 19.1. The maximum atomic E-state index is 9.70. The molecule has 0 bridgehead atoms. The van der Waals surface area contributed by atoms with Crippen LogP contribution in [0.3, 0.4) is 0 Å². The molecule has 0 amide bonds. The molecule has 0 aliphatic carbocycles. The van der Waals surface area contributed by atoms with Crippen LogP contribution in [0.1, 0.15) is 22.3 Å². The van der Waals surface area contributed by atoms with Crippen molar-refractivity contribution in [3.63, 3.8) is 0 Å². The first-order chi connectivity index (χ1) is 8.06. The van der Waals surface area contributed by atoms with Gasteiger partial charge in [-0.25, -0.2) is 0 Å². The van der Waals surface area contributed by atoms with Gasteiger partial charge in [-0.2, -0.15) is 0 Å². The van der Waals surface area contributed by atoms with Crippen molar-refractivity contribution in [2.24, 2.45) is 0 Å². The van der Waals surface area contributed by atoms with Crippen molar-refractivity contribution >= 4 is 0 Å². The molecule has 0 spiro atoms. The fourth-order valence-electron chi connectivity index (χ4n) is 2.05. The first-order valence-corrected chi connectivity index (χ1v) is 5.63. The molecule has 0 fully saturated rings. The molecule has 17 heavy (non-hydrogen) atoms. The molecule has 88 valence electrons. The zero-order chi connectivity index (χ0) is 12.4. The minimum atomic E-state index is 0.287. The van der Waals surface area contributed by atoms with Gasteiger partial charge < -0.3 is 10.2 Å². The van der Waals surface area contributed by atoms with Gasteiger partial charge in [-0.15, -0.1) is 0 Å². The topological polar surface area (TPSA) is 40.5 Å². The van der Waals surface area contributed by atoms with Crippen LogP contribution in [-0.4, -0.2) is 10.2 Å². The van der Waals surface area contributed by atoms with Gasteiger partial charge in [0.25, 0.3) is 0 Å². The zero-order valence-corrected chi connectivity index (χ0v) is 10.1. The summed E-state index contributed by atoms with van der Waals surface area (Å²) in [5.41, 5.74) is 3.98. The summed E-state index contributed by atoms with van der Waals surface area (Å²) in [6.45, 7) is 3.79. The lowest BCUT2D eigenvalue weighted by atomic mass is 10.00. The molecule has 0 aliphatic rings. The van der Waals surface area contributed by atoms with Crippen LogP contribution in [0.15, 0.2) is 36.4 Å². The molecule has 2 heteroatoms. The lowest BCUT2D eigenvalue weighted by molar-refractivity contribution is 0.466. The highest BCUT2D eigenvalue weighted by atomic mass is 16.3. The number of benzene rings is 2. The largest absolute Gasteiger partial charge is 0.508 e. The summed E-state index contributed by atoms with van der Waals surface area (Å²) in [6.07, 6.45) is 0.760. The molecule has 0 aromatic heterocycles. The summed E-state index contributed by atoms with van der Waals surface area (Å²) < 4.78 is 0. The van der Waals surface area contributed by atoms with Crippen LogP contribution >= 0.6 is 0 Å². The van der Waals surface area contributed by atoms with E-state index in [1.54, 1.807) is 12.1 Å². The van der Waals surface area contributed by atoms with E-state index in [2.05, 4.69) is 0 Å². The van der Waals surface area contributed by atoms with Crippen LogP contribution in [0, 0.1) is 13.8 Å². The minimum Gasteiger partial charge on any atom is -0.508 e. The molecule has 2 nitrogen and oxygen atoms in total. The van der Waals surface area contributed by atoms with Crippen molar-refractivity contribution in [1.29, 1.82) is 0 Å². The molecule has 0 atom stereocenters. The van der Waals surface area contributed by atoms with Gasteiger partial charge in [0.2, 0.25) is 0 Å². The Bertz CT molecular complexity index is 521. The Labute approximate surface area is 101 Å². The average Bonchev–Trinajstić information content (AvgIpc) is 2.26. The predicted octanol–water partition coefficient (Wildman–Crippen LogP) is 3.31. The van der Waals surface area contributed by atoms with Crippen molar-refractivity contribution < 1.29 is 10.2 Å². The third-order valence-electron chi connectivity index (χ3n) is 2.87. The van der Waals surface area contributed by atoms with E-state index in [1.165, 1.54) is 0 Å². The summed E-state index contributed by atoms with van der Waals surface area (Å²) >= 11 is 0. The number of hydrogen-bond donors (Lipinski definition) is 2. The molecule has 0 unspecified atom stereocenters. The van der Waals surface area contributed by atoms with Crippen LogP contribution < -0.4 is 0 Å². The fourth-order valence-corrected chi connectivity index (χ4v) is 2.05. The molecular formula is C15H16O2. The number of aryl methyl sites for hydroxylation is 2. The molecule has 2 rings (SSSR count). The Hall–Kier alpha value is -1.96. The Morgan fingerprint density at radius 2 is 1.53 bits per heavy atom.